The fourth-order valence-electron chi connectivity index (χ4n) is 2.24. The fourth-order valence-corrected chi connectivity index (χ4v) is 2.24. The molecule has 2 N–H and O–H groups in total. The number of benzene rings is 1. The lowest BCUT2D eigenvalue weighted by Gasteiger charge is -2.02. The Morgan fingerprint density at radius 2 is 2.10 bits per heavy atom. The lowest BCUT2D eigenvalue weighted by Crippen LogP contribution is -2.03. The number of aliphatic imine (C=N–C) groups is 1. The van der Waals surface area contributed by atoms with Crippen LogP contribution in [0.2, 0.25) is 0 Å². The van der Waals surface area contributed by atoms with Crippen molar-refractivity contribution in [3.63, 3.8) is 0 Å². The van der Waals surface area contributed by atoms with Gasteiger partial charge in [0.25, 0.3) is 5.56 Å². The van der Waals surface area contributed by atoms with E-state index in [1.54, 1.807) is 6.21 Å². The highest BCUT2D eigenvalue weighted by Gasteiger charge is 2.26. The molecule has 2 heterocycles. The number of rotatable bonds is 3. The summed E-state index contributed by atoms with van der Waals surface area (Å²) >= 11 is 0. The summed E-state index contributed by atoms with van der Waals surface area (Å²) in [5.41, 5.74) is 3.23. The molecule has 2 aromatic rings. The van der Waals surface area contributed by atoms with Gasteiger partial charge in [-0.1, -0.05) is 18.2 Å². The first-order valence-corrected chi connectivity index (χ1v) is 6.64. The molecule has 0 amide bonds. The van der Waals surface area contributed by atoms with Crippen LogP contribution in [0.3, 0.4) is 0 Å². The van der Waals surface area contributed by atoms with Crippen molar-refractivity contribution in [2.24, 2.45) is 4.99 Å². The van der Waals surface area contributed by atoms with Crippen molar-refractivity contribution in [1.82, 2.24) is 10.2 Å². The number of hydrogen-bond donors (Lipinski definition) is 2. The standard InChI is InChI=1S/C15H13N3O2/c19-14-12(15(18-17-14)20-10-5-6-10)7-9-8-16-13-4-2-1-3-11(9)13/h1-4,7-8,10H,5-6H2,(H2,17,18,19). The van der Waals surface area contributed by atoms with Gasteiger partial charge in [0.2, 0.25) is 5.88 Å². The minimum absolute atomic E-state index is 0.175. The van der Waals surface area contributed by atoms with E-state index in [-0.39, 0.29) is 11.7 Å². The van der Waals surface area contributed by atoms with Gasteiger partial charge in [-0.15, -0.1) is 0 Å². The Kier molecular flexibility index (Phi) is 2.39. The molecule has 20 heavy (non-hydrogen) atoms. The lowest BCUT2D eigenvalue weighted by atomic mass is 10.1. The Morgan fingerprint density at radius 3 is 2.95 bits per heavy atom. The molecular formula is C15H13N3O2. The van der Waals surface area contributed by atoms with E-state index in [0.29, 0.717) is 11.4 Å². The van der Waals surface area contributed by atoms with Gasteiger partial charge in [0.05, 0.1) is 5.69 Å². The molecule has 4 rings (SSSR count). The first kappa shape index (κ1) is 11.3. The topological polar surface area (TPSA) is 70.2 Å². The summed E-state index contributed by atoms with van der Waals surface area (Å²) in [5.74, 6) is 0.516. The van der Waals surface area contributed by atoms with Gasteiger partial charge in [-0.05, 0) is 25.0 Å². The van der Waals surface area contributed by atoms with Crippen LogP contribution in [-0.2, 0) is 0 Å². The van der Waals surface area contributed by atoms with Crippen molar-refractivity contribution in [3.8, 4) is 5.88 Å². The van der Waals surface area contributed by atoms with E-state index in [1.165, 1.54) is 0 Å². The molecule has 1 aromatic carbocycles. The molecule has 1 aliphatic carbocycles. The SMILES string of the molecule is O=c1[nH][nH]c(OC2CC2)c1C=C1C=Nc2ccccc21. The molecule has 5 heteroatoms. The minimum Gasteiger partial charge on any atom is -0.474 e. The molecule has 5 nitrogen and oxygen atoms in total. The summed E-state index contributed by atoms with van der Waals surface area (Å²) in [6, 6.07) is 7.86. The molecule has 0 spiro atoms. The molecule has 0 atom stereocenters. The summed E-state index contributed by atoms with van der Waals surface area (Å²) in [4.78, 5) is 16.2. The highest BCUT2D eigenvalue weighted by molar-refractivity contribution is 6.21. The number of para-hydroxylation sites is 1. The van der Waals surface area contributed by atoms with Crippen LogP contribution in [-0.4, -0.2) is 22.5 Å². The maximum atomic E-state index is 11.9. The van der Waals surface area contributed by atoms with Crippen molar-refractivity contribution < 1.29 is 4.74 Å². The Hall–Kier alpha value is -2.56. The predicted octanol–water partition coefficient (Wildman–Crippen LogP) is 2.50. The lowest BCUT2D eigenvalue weighted by molar-refractivity contribution is 0.290. The second kappa shape index (κ2) is 4.23. The highest BCUT2D eigenvalue weighted by atomic mass is 16.5. The van der Waals surface area contributed by atoms with Crippen LogP contribution in [0.15, 0.2) is 34.1 Å². The molecule has 2 aliphatic rings. The van der Waals surface area contributed by atoms with Gasteiger partial charge in [0.15, 0.2) is 0 Å². The van der Waals surface area contributed by atoms with Crippen LogP contribution in [0.5, 0.6) is 5.88 Å². The zero-order chi connectivity index (χ0) is 13.5. The zero-order valence-electron chi connectivity index (χ0n) is 10.7. The molecular weight excluding hydrogens is 254 g/mol. The third-order valence-corrected chi connectivity index (χ3v) is 3.45. The Bertz CT molecular complexity index is 778. The Labute approximate surface area is 115 Å². The number of hydrogen-bond acceptors (Lipinski definition) is 3. The van der Waals surface area contributed by atoms with E-state index in [1.807, 2.05) is 30.3 Å². The molecule has 0 bridgehead atoms. The summed E-state index contributed by atoms with van der Waals surface area (Å²) in [6.45, 7) is 0. The van der Waals surface area contributed by atoms with Gasteiger partial charge in [0.1, 0.15) is 11.7 Å². The summed E-state index contributed by atoms with van der Waals surface area (Å²) in [6.07, 6.45) is 5.93. The molecule has 0 unspecified atom stereocenters. The number of aromatic nitrogens is 2. The predicted molar refractivity (Wildman–Crippen MR) is 77.5 cm³/mol. The first-order chi connectivity index (χ1) is 9.81. The van der Waals surface area contributed by atoms with Gasteiger partial charge in [-0.3, -0.25) is 20.0 Å². The summed E-state index contributed by atoms with van der Waals surface area (Å²) in [7, 11) is 0. The van der Waals surface area contributed by atoms with Crippen molar-refractivity contribution in [2.45, 2.75) is 18.9 Å². The number of ether oxygens (including phenoxy) is 1. The van der Waals surface area contributed by atoms with Crippen LogP contribution in [0.1, 0.15) is 24.0 Å². The van der Waals surface area contributed by atoms with Gasteiger partial charge in [-0.2, -0.15) is 0 Å². The quantitative estimate of drug-likeness (QED) is 0.897. The molecule has 1 aromatic heterocycles. The molecule has 0 radical (unpaired) electrons. The van der Waals surface area contributed by atoms with Crippen molar-refractivity contribution in [3.05, 3.63) is 45.7 Å². The highest BCUT2D eigenvalue weighted by Crippen LogP contribution is 2.33. The summed E-state index contributed by atoms with van der Waals surface area (Å²) < 4.78 is 5.70. The third-order valence-electron chi connectivity index (χ3n) is 3.45. The second-order valence-electron chi connectivity index (χ2n) is 5.01. The van der Waals surface area contributed by atoms with Crippen LogP contribution < -0.4 is 10.3 Å². The number of fused-ring (bicyclic) bond motifs is 1. The maximum absolute atomic E-state index is 11.9. The van der Waals surface area contributed by atoms with Crippen molar-refractivity contribution >= 4 is 23.6 Å². The minimum atomic E-state index is -0.175. The van der Waals surface area contributed by atoms with Crippen molar-refractivity contribution in [1.29, 1.82) is 0 Å². The van der Waals surface area contributed by atoms with Crippen LogP contribution in [0.4, 0.5) is 5.69 Å². The van der Waals surface area contributed by atoms with Crippen LogP contribution in [0, 0.1) is 0 Å². The smallest absolute Gasteiger partial charge is 0.275 e. The fraction of sp³-hybridized carbons (Fsp3) is 0.200. The van der Waals surface area contributed by atoms with Crippen LogP contribution >= 0.6 is 0 Å². The molecule has 1 saturated carbocycles. The van der Waals surface area contributed by atoms with Gasteiger partial charge < -0.3 is 4.74 Å². The van der Waals surface area contributed by atoms with E-state index < -0.39 is 0 Å². The van der Waals surface area contributed by atoms with E-state index in [4.69, 9.17) is 4.74 Å². The molecule has 1 fully saturated rings. The number of allylic oxidation sites excluding steroid dienone is 1. The number of aromatic amines is 2. The molecule has 100 valence electrons. The van der Waals surface area contributed by atoms with Gasteiger partial charge >= 0.3 is 0 Å². The zero-order valence-corrected chi connectivity index (χ0v) is 10.7. The van der Waals surface area contributed by atoms with E-state index in [0.717, 1.165) is 29.7 Å². The maximum Gasteiger partial charge on any atom is 0.275 e. The van der Waals surface area contributed by atoms with Crippen molar-refractivity contribution in [2.75, 3.05) is 0 Å². The third kappa shape index (κ3) is 1.87. The Balaban J connectivity index is 1.76. The molecule has 1 aliphatic heterocycles. The molecule has 0 saturated heterocycles. The van der Waals surface area contributed by atoms with Gasteiger partial charge in [-0.25, -0.2) is 0 Å². The largest absolute Gasteiger partial charge is 0.474 e. The second-order valence-corrected chi connectivity index (χ2v) is 5.01. The first-order valence-electron chi connectivity index (χ1n) is 6.64. The van der Waals surface area contributed by atoms with Crippen LogP contribution in [0.25, 0.3) is 11.6 Å². The average molecular weight is 267 g/mol. The normalized spacial score (nSPS) is 18.5. The van der Waals surface area contributed by atoms with E-state index >= 15 is 0 Å². The summed E-state index contributed by atoms with van der Waals surface area (Å²) in [5, 5.41) is 5.37. The van der Waals surface area contributed by atoms with E-state index in [2.05, 4.69) is 15.2 Å². The monoisotopic (exact) mass is 267 g/mol. The average Bonchev–Trinajstić information content (AvgIpc) is 3.10. The number of nitrogens with zero attached hydrogens (tertiary/aromatic N) is 1. The number of H-pyrrole nitrogens is 2. The Morgan fingerprint density at radius 1 is 1.25 bits per heavy atom. The van der Waals surface area contributed by atoms with E-state index in [9.17, 15) is 4.79 Å². The van der Waals surface area contributed by atoms with Gasteiger partial charge in [0, 0.05) is 17.4 Å². The number of nitrogens with one attached hydrogen (secondary N) is 2.